The number of rotatable bonds is 5. The van der Waals surface area contributed by atoms with Gasteiger partial charge in [-0.15, -0.1) is 13.2 Å². The number of alkyl halides is 3. The van der Waals surface area contributed by atoms with Gasteiger partial charge in [0.15, 0.2) is 11.6 Å². The Labute approximate surface area is 190 Å². The molecule has 0 saturated heterocycles. The maximum absolute atomic E-state index is 15.0. The Kier molecular flexibility index (Phi) is 6.25. The molecule has 0 unspecified atom stereocenters. The Morgan fingerprint density at radius 2 is 1.32 bits per heavy atom. The number of aryl methyl sites for hydroxylation is 1. The average molecular weight is 478 g/mol. The molecule has 0 bridgehead atoms. The highest BCUT2D eigenvalue weighted by Crippen LogP contribution is 2.37. The van der Waals surface area contributed by atoms with E-state index in [1.54, 1.807) is 12.1 Å². The van der Waals surface area contributed by atoms with E-state index in [9.17, 15) is 30.7 Å². The highest BCUT2D eigenvalue weighted by atomic mass is 19.4. The van der Waals surface area contributed by atoms with Gasteiger partial charge in [0.05, 0.1) is 5.56 Å². The van der Waals surface area contributed by atoms with Crippen molar-refractivity contribution in [3.63, 3.8) is 0 Å². The SMILES string of the molecule is CCCc1ccc(-c2cc(F)c(-c3ccc4c(F)c(OC(F)(F)F)c(F)cc4c3)c(F)c2)cc1. The molecule has 0 atom stereocenters. The third-order valence-corrected chi connectivity index (χ3v) is 5.36. The lowest BCUT2D eigenvalue weighted by atomic mass is 9.96. The molecule has 4 aromatic rings. The zero-order valence-electron chi connectivity index (χ0n) is 17.7. The first-order valence-corrected chi connectivity index (χ1v) is 10.3. The Hall–Kier alpha value is -3.55. The van der Waals surface area contributed by atoms with Crippen molar-refractivity contribution in [1.82, 2.24) is 0 Å². The van der Waals surface area contributed by atoms with E-state index in [4.69, 9.17) is 0 Å². The predicted molar refractivity (Wildman–Crippen MR) is 115 cm³/mol. The van der Waals surface area contributed by atoms with E-state index in [-0.39, 0.29) is 10.9 Å². The monoisotopic (exact) mass is 478 g/mol. The summed E-state index contributed by atoms with van der Waals surface area (Å²) < 4.78 is 99.2. The zero-order valence-corrected chi connectivity index (χ0v) is 17.7. The van der Waals surface area contributed by atoms with Gasteiger partial charge in [-0.1, -0.05) is 49.7 Å². The number of hydrogen-bond donors (Lipinski definition) is 0. The van der Waals surface area contributed by atoms with Crippen molar-refractivity contribution < 1.29 is 35.5 Å². The zero-order chi connectivity index (χ0) is 24.6. The molecule has 8 heteroatoms. The molecule has 0 spiro atoms. The van der Waals surface area contributed by atoms with Gasteiger partial charge >= 0.3 is 6.36 Å². The molecule has 0 aliphatic heterocycles. The molecule has 1 nitrogen and oxygen atoms in total. The number of ether oxygens (including phenoxy) is 1. The fraction of sp³-hybridized carbons (Fsp3) is 0.154. The van der Waals surface area contributed by atoms with E-state index in [0.29, 0.717) is 17.2 Å². The molecule has 0 fully saturated rings. The first-order valence-electron chi connectivity index (χ1n) is 10.3. The molecule has 0 amide bonds. The Morgan fingerprint density at radius 3 is 1.91 bits per heavy atom. The summed E-state index contributed by atoms with van der Waals surface area (Å²) in [5, 5.41) is -0.578. The van der Waals surface area contributed by atoms with Gasteiger partial charge in [0.2, 0.25) is 5.75 Å². The topological polar surface area (TPSA) is 9.23 Å². The molecule has 0 heterocycles. The molecule has 4 aromatic carbocycles. The standard InChI is InChI=1S/C26H17F7O/c1-2-3-14-4-6-15(7-5-14)17-11-20(27)23(21(28)12-17)16-8-9-19-18(10-16)13-22(29)25(24(19)30)34-26(31,32)33/h4-13H,2-3H2,1H3. The summed E-state index contributed by atoms with van der Waals surface area (Å²) >= 11 is 0. The highest BCUT2D eigenvalue weighted by molar-refractivity contribution is 5.89. The fourth-order valence-corrected chi connectivity index (χ4v) is 3.84. The van der Waals surface area contributed by atoms with Crippen LogP contribution < -0.4 is 4.74 Å². The lowest BCUT2D eigenvalue weighted by molar-refractivity contribution is -0.276. The molecule has 4 rings (SSSR count). The largest absolute Gasteiger partial charge is 0.573 e. The van der Waals surface area contributed by atoms with Gasteiger partial charge in [-0.25, -0.2) is 17.6 Å². The minimum absolute atomic E-state index is 0.0318. The summed E-state index contributed by atoms with van der Waals surface area (Å²) in [6.07, 6.45) is -3.44. The molecular weight excluding hydrogens is 461 g/mol. The molecule has 0 radical (unpaired) electrons. The quantitative estimate of drug-likeness (QED) is 0.261. The van der Waals surface area contributed by atoms with Crippen LogP contribution in [0.4, 0.5) is 30.7 Å². The Balaban J connectivity index is 1.74. The smallest absolute Gasteiger partial charge is 0.399 e. The van der Waals surface area contributed by atoms with Gasteiger partial charge in [-0.05, 0) is 58.3 Å². The van der Waals surface area contributed by atoms with E-state index < -0.39 is 46.3 Å². The second-order valence-electron chi connectivity index (χ2n) is 7.75. The molecule has 0 aliphatic rings. The summed E-state index contributed by atoms with van der Waals surface area (Å²) in [7, 11) is 0. The molecular formula is C26H17F7O. The molecule has 176 valence electrons. The van der Waals surface area contributed by atoms with Gasteiger partial charge in [0.1, 0.15) is 11.6 Å². The van der Waals surface area contributed by atoms with Gasteiger partial charge in [-0.2, -0.15) is 0 Å². The number of hydrogen-bond acceptors (Lipinski definition) is 1. The van der Waals surface area contributed by atoms with Crippen molar-refractivity contribution >= 4 is 10.8 Å². The van der Waals surface area contributed by atoms with Crippen molar-refractivity contribution in [1.29, 1.82) is 0 Å². The van der Waals surface area contributed by atoms with Crippen molar-refractivity contribution in [2.75, 3.05) is 0 Å². The van der Waals surface area contributed by atoms with E-state index in [0.717, 1.165) is 48.7 Å². The maximum atomic E-state index is 15.0. The number of fused-ring (bicyclic) bond motifs is 1. The summed E-state index contributed by atoms with van der Waals surface area (Å²) in [5.74, 6) is -6.56. The second kappa shape index (κ2) is 9.00. The third-order valence-electron chi connectivity index (χ3n) is 5.36. The second-order valence-corrected chi connectivity index (χ2v) is 7.75. The Morgan fingerprint density at radius 1 is 0.706 bits per heavy atom. The van der Waals surface area contributed by atoms with E-state index in [1.165, 1.54) is 0 Å². The number of halogens is 7. The van der Waals surface area contributed by atoms with Crippen LogP contribution in [0.5, 0.6) is 5.75 Å². The summed E-state index contributed by atoms with van der Waals surface area (Å²) in [6, 6.07) is 13.5. The van der Waals surface area contributed by atoms with E-state index in [2.05, 4.69) is 4.74 Å². The van der Waals surface area contributed by atoms with Gasteiger partial charge in [-0.3, -0.25) is 0 Å². The lowest BCUT2D eigenvalue weighted by Gasteiger charge is -2.13. The number of benzene rings is 4. The fourth-order valence-electron chi connectivity index (χ4n) is 3.84. The van der Waals surface area contributed by atoms with Crippen LogP contribution in [0.1, 0.15) is 18.9 Å². The molecule has 0 aromatic heterocycles. The summed E-state index contributed by atoms with van der Waals surface area (Å²) in [6.45, 7) is 2.04. The molecule has 0 saturated carbocycles. The van der Waals surface area contributed by atoms with Gasteiger partial charge in [0.25, 0.3) is 0 Å². The van der Waals surface area contributed by atoms with Crippen LogP contribution in [0.2, 0.25) is 0 Å². The van der Waals surface area contributed by atoms with Crippen molar-refractivity contribution in [3.8, 4) is 28.0 Å². The summed E-state index contributed by atoms with van der Waals surface area (Å²) in [5.41, 5.74) is 1.57. The third kappa shape index (κ3) is 4.71. The Bertz CT molecular complexity index is 1340. The first kappa shape index (κ1) is 23.6. The molecule has 0 aliphatic carbocycles. The highest BCUT2D eigenvalue weighted by Gasteiger charge is 2.34. The predicted octanol–water partition coefficient (Wildman–Crippen LogP) is 8.58. The van der Waals surface area contributed by atoms with E-state index in [1.807, 2.05) is 19.1 Å². The van der Waals surface area contributed by atoms with Crippen molar-refractivity contribution in [3.05, 3.63) is 89.5 Å². The van der Waals surface area contributed by atoms with Crippen LogP contribution >= 0.6 is 0 Å². The van der Waals surface area contributed by atoms with Crippen LogP contribution in [-0.4, -0.2) is 6.36 Å². The maximum Gasteiger partial charge on any atom is 0.573 e. The minimum Gasteiger partial charge on any atom is -0.399 e. The first-order chi connectivity index (χ1) is 16.1. The van der Waals surface area contributed by atoms with Crippen molar-refractivity contribution in [2.24, 2.45) is 0 Å². The van der Waals surface area contributed by atoms with Crippen LogP contribution in [-0.2, 0) is 6.42 Å². The van der Waals surface area contributed by atoms with Crippen LogP contribution in [0.25, 0.3) is 33.0 Å². The van der Waals surface area contributed by atoms with E-state index >= 15 is 0 Å². The average Bonchev–Trinajstić information content (AvgIpc) is 2.76. The van der Waals surface area contributed by atoms with Crippen LogP contribution in [0.15, 0.2) is 60.7 Å². The van der Waals surface area contributed by atoms with Gasteiger partial charge < -0.3 is 4.74 Å². The van der Waals surface area contributed by atoms with Crippen LogP contribution in [0, 0.1) is 23.3 Å². The molecule has 34 heavy (non-hydrogen) atoms. The molecule has 0 N–H and O–H groups in total. The normalized spacial score (nSPS) is 11.8. The van der Waals surface area contributed by atoms with Crippen molar-refractivity contribution in [2.45, 2.75) is 26.1 Å². The van der Waals surface area contributed by atoms with Gasteiger partial charge in [0, 0.05) is 5.39 Å². The lowest BCUT2D eigenvalue weighted by Crippen LogP contribution is -2.19. The van der Waals surface area contributed by atoms with Crippen LogP contribution in [0.3, 0.4) is 0 Å². The minimum atomic E-state index is -5.29. The summed E-state index contributed by atoms with van der Waals surface area (Å²) in [4.78, 5) is 0.